The summed E-state index contributed by atoms with van der Waals surface area (Å²) in [6, 6.07) is 16.5. The molecule has 28 heavy (non-hydrogen) atoms. The van der Waals surface area contributed by atoms with Gasteiger partial charge < -0.3 is 9.80 Å². The number of piperazine rings is 1. The third-order valence-electron chi connectivity index (χ3n) is 4.70. The first-order chi connectivity index (χ1) is 13.7. The molecule has 6 nitrogen and oxygen atoms in total. The maximum absolute atomic E-state index is 13.9. The van der Waals surface area contributed by atoms with E-state index < -0.39 is 0 Å². The summed E-state index contributed by atoms with van der Waals surface area (Å²) in [5.74, 6) is 0.129. The molecule has 2 aromatic carbocycles. The van der Waals surface area contributed by atoms with E-state index >= 15 is 0 Å². The molecule has 0 N–H and O–H groups in total. The molecule has 1 aliphatic rings. The van der Waals surface area contributed by atoms with Crippen molar-refractivity contribution in [2.24, 2.45) is 0 Å². The molecule has 0 spiro atoms. The second kappa shape index (κ2) is 8.43. The number of hydrogen-bond acceptors (Lipinski definition) is 5. The third kappa shape index (κ3) is 4.01. The van der Waals surface area contributed by atoms with Gasteiger partial charge in [-0.15, -0.1) is 10.2 Å². The van der Waals surface area contributed by atoms with Crippen LogP contribution < -0.4 is 4.90 Å². The minimum absolute atomic E-state index is 0.0563. The van der Waals surface area contributed by atoms with E-state index in [1.165, 1.54) is 17.8 Å². The fourth-order valence-corrected chi connectivity index (χ4v) is 4.04. The highest BCUT2D eigenvalue weighted by molar-refractivity contribution is 7.99. The predicted molar refractivity (Wildman–Crippen MR) is 107 cm³/mol. The van der Waals surface area contributed by atoms with Crippen LogP contribution in [0.25, 0.3) is 5.69 Å². The Balaban J connectivity index is 1.33. The van der Waals surface area contributed by atoms with Crippen LogP contribution in [0.15, 0.2) is 66.1 Å². The van der Waals surface area contributed by atoms with Crippen LogP contribution >= 0.6 is 11.8 Å². The first kappa shape index (κ1) is 18.5. The fourth-order valence-electron chi connectivity index (χ4n) is 3.21. The molecule has 0 radical (unpaired) electrons. The zero-order valence-corrected chi connectivity index (χ0v) is 16.1. The lowest BCUT2D eigenvalue weighted by atomic mass is 10.2. The van der Waals surface area contributed by atoms with Gasteiger partial charge in [0.2, 0.25) is 5.91 Å². The van der Waals surface area contributed by atoms with Crippen molar-refractivity contribution >= 4 is 23.4 Å². The van der Waals surface area contributed by atoms with Gasteiger partial charge in [-0.1, -0.05) is 42.1 Å². The van der Waals surface area contributed by atoms with Crippen molar-refractivity contribution in [2.75, 3.05) is 36.8 Å². The quantitative estimate of drug-likeness (QED) is 0.620. The Morgan fingerprint density at radius 3 is 2.46 bits per heavy atom. The highest BCUT2D eigenvalue weighted by Gasteiger charge is 2.23. The molecule has 1 fully saturated rings. The molecule has 1 saturated heterocycles. The zero-order chi connectivity index (χ0) is 19.3. The lowest BCUT2D eigenvalue weighted by Gasteiger charge is -2.36. The average molecular weight is 397 g/mol. The first-order valence-electron chi connectivity index (χ1n) is 9.08. The number of halogens is 1. The second-order valence-electron chi connectivity index (χ2n) is 6.43. The third-order valence-corrected chi connectivity index (χ3v) is 5.63. The summed E-state index contributed by atoms with van der Waals surface area (Å²) < 4.78 is 15.8. The Hall–Kier alpha value is -2.87. The number of hydrogen-bond donors (Lipinski definition) is 0. The van der Waals surface area contributed by atoms with Gasteiger partial charge in [0.05, 0.1) is 11.4 Å². The van der Waals surface area contributed by atoms with Gasteiger partial charge in [0.25, 0.3) is 0 Å². The molecule has 0 unspecified atom stereocenters. The molecule has 1 aliphatic heterocycles. The molecule has 0 aliphatic carbocycles. The van der Waals surface area contributed by atoms with Gasteiger partial charge in [0, 0.05) is 31.9 Å². The van der Waals surface area contributed by atoms with Crippen molar-refractivity contribution in [2.45, 2.75) is 5.16 Å². The zero-order valence-electron chi connectivity index (χ0n) is 15.2. The second-order valence-corrected chi connectivity index (χ2v) is 7.37. The van der Waals surface area contributed by atoms with Gasteiger partial charge in [0.15, 0.2) is 5.16 Å². The molecule has 0 bridgehead atoms. The van der Waals surface area contributed by atoms with Gasteiger partial charge in [-0.25, -0.2) is 4.39 Å². The van der Waals surface area contributed by atoms with Crippen LogP contribution in [0.2, 0.25) is 0 Å². The van der Waals surface area contributed by atoms with E-state index in [1.807, 2.05) is 50.8 Å². The molecule has 144 valence electrons. The van der Waals surface area contributed by atoms with E-state index in [4.69, 9.17) is 0 Å². The van der Waals surface area contributed by atoms with Crippen molar-refractivity contribution in [1.82, 2.24) is 19.7 Å². The van der Waals surface area contributed by atoms with E-state index in [0.717, 1.165) is 5.69 Å². The lowest BCUT2D eigenvalue weighted by Crippen LogP contribution is -2.49. The number of thioether (sulfide) groups is 1. The number of anilines is 1. The summed E-state index contributed by atoms with van der Waals surface area (Å²) >= 11 is 1.37. The standard InChI is InChI=1S/C20H20FN5OS/c21-17-8-4-5-9-18(17)24-10-12-25(13-11-24)19(27)14-28-20-23-22-15-26(20)16-6-2-1-3-7-16/h1-9,15H,10-14H2. The molecule has 2 heterocycles. The number of para-hydroxylation sites is 2. The number of carbonyl (C=O) groups is 1. The number of rotatable bonds is 5. The number of amides is 1. The Morgan fingerprint density at radius 1 is 1.00 bits per heavy atom. The summed E-state index contributed by atoms with van der Waals surface area (Å²) in [4.78, 5) is 16.4. The molecule has 0 saturated carbocycles. The van der Waals surface area contributed by atoms with Crippen molar-refractivity contribution in [3.63, 3.8) is 0 Å². The first-order valence-corrected chi connectivity index (χ1v) is 10.1. The molecule has 4 rings (SSSR count). The SMILES string of the molecule is O=C(CSc1nncn1-c1ccccc1)N1CCN(c2ccccc2F)CC1. The largest absolute Gasteiger partial charge is 0.366 e. The molecule has 3 aromatic rings. The van der Waals surface area contributed by atoms with Crippen molar-refractivity contribution in [1.29, 1.82) is 0 Å². The highest BCUT2D eigenvalue weighted by atomic mass is 32.2. The van der Waals surface area contributed by atoms with Crippen LogP contribution in [0.1, 0.15) is 0 Å². The Morgan fingerprint density at radius 2 is 1.71 bits per heavy atom. The van der Waals surface area contributed by atoms with Crippen molar-refractivity contribution in [3.8, 4) is 5.69 Å². The van der Waals surface area contributed by atoms with Crippen LogP contribution in [0.3, 0.4) is 0 Å². The number of benzene rings is 2. The van der Waals surface area contributed by atoms with Gasteiger partial charge in [-0.05, 0) is 24.3 Å². The normalized spacial score (nSPS) is 14.3. The summed E-state index contributed by atoms with van der Waals surface area (Å²) in [5.41, 5.74) is 1.56. The minimum atomic E-state index is -0.224. The van der Waals surface area contributed by atoms with Crippen LogP contribution in [0, 0.1) is 5.82 Å². The molecular formula is C20H20FN5OS. The maximum Gasteiger partial charge on any atom is 0.233 e. The monoisotopic (exact) mass is 397 g/mol. The molecule has 1 aromatic heterocycles. The summed E-state index contributed by atoms with van der Waals surface area (Å²) in [6.45, 7) is 2.41. The van der Waals surface area contributed by atoms with Crippen molar-refractivity contribution in [3.05, 3.63) is 66.7 Å². The average Bonchev–Trinajstić information content (AvgIpc) is 3.22. The Kier molecular flexibility index (Phi) is 5.57. The van der Waals surface area contributed by atoms with E-state index in [9.17, 15) is 9.18 Å². The number of aromatic nitrogens is 3. The number of nitrogens with zero attached hydrogens (tertiary/aromatic N) is 5. The molecule has 0 atom stereocenters. The van der Waals surface area contributed by atoms with E-state index in [1.54, 1.807) is 18.5 Å². The summed E-state index contributed by atoms with van der Waals surface area (Å²) in [6.07, 6.45) is 1.65. The summed E-state index contributed by atoms with van der Waals surface area (Å²) in [7, 11) is 0. The van der Waals surface area contributed by atoms with Crippen molar-refractivity contribution < 1.29 is 9.18 Å². The molecular weight excluding hydrogens is 377 g/mol. The van der Waals surface area contributed by atoms with E-state index in [2.05, 4.69) is 10.2 Å². The fraction of sp³-hybridized carbons (Fsp3) is 0.250. The Bertz CT molecular complexity index is 941. The minimum Gasteiger partial charge on any atom is -0.366 e. The van der Waals surface area contributed by atoms with Crippen LogP contribution in [0.5, 0.6) is 0 Å². The maximum atomic E-state index is 13.9. The topological polar surface area (TPSA) is 54.3 Å². The molecule has 8 heteroatoms. The van der Waals surface area contributed by atoms with Gasteiger partial charge >= 0.3 is 0 Å². The van der Waals surface area contributed by atoms with Gasteiger partial charge in [-0.3, -0.25) is 9.36 Å². The van der Waals surface area contributed by atoms with Crippen LogP contribution in [-0.4, -0.2) is 57.5 Å². The van der Waals surface area contributed by atoms with E-state index in [0.29, 0.717) is 42.8 Å². The van der Waals surface area contributed by atoms with Crippen LogP contribution in [-0.2, 0) is 4.79 Å². The highest BCUT2D eigenvalue weighted by Crippen LogP contribution is 2.22. The van der Waals surface area contributed by atoms with Gasteiger partial charge in [0.1, 0.15) is 12.1 Å². The summed E-state index contributed by atoms with van der Waals surface area (Å²) in [5, 5.41) is 8.78. The van der Waals surface area contributed by atoms with Gasteiger partial charge in [-0.2, -0.15) is 0 Å². The van der Waals surface area contributed by atoms with E-state index in [-0.39, 0.29) is 11.7 Å². The number of carbonyl (C=O) groups excluding carboxylic acids is 1. The van der Waals surface area contributed by atoms with Crippen LogP contribution in [0.4, 0.5) is 10.1 Å². The predicted octanol–water partition coefficient (Wildman–Crippen LogP) is 2.85. The lowest BCUT2D eigenvalue weighted by molar-refractivity contribution is -0.128. The smallest absolute Gasteiger partial charge is 0.233 e. The molecule has 1 amide bonds. The Labute approximate surface area is 167 Å².